The predicted octanol–water partition coefficient (Wildman–Crippen LogP) is 1.28. The summed E-state index contributed by atoms with van der Waals surface area (Å²) in [5, 5.41) is 9.39. The van der Waals surface area contributed by atoms with E-state index < -0.39 is 21.9 Å². The smallest absolute Gasteiger partial charge is 0.306 e. The monoisotopic (exact) mass is 374 g/mol. The second kappa shape index (κ2) is 7.50. The number of likely N-dealkylation sites (N-methyl/N-ethyl adjacent to an activating group) is 1. The van der Waals surface area contributed by atoms with Gasteiger partial charge in [-0.15, -0.1) is 0 Å². The summed E-state index contributed by atoms with van der Waals surface area (Å²) in [7, 11) is -2.44. The van der Waals surface area contributed by atoms with E-state index in [1.807, 2.05) is 0 Å². The number of sulfonamides is 1. The lowest BCUT2D eigenvalue weighted by Gasteiger charge is -2.31. The Morgan fingerprint density at radius 2 is 1.79 bits per heavy atom. The normalized spacial score (nSPS) is 16.4. The molecule has 0 atom stereocenters. The predicted molar refractivity (Wildman–Crippen MR) is 88.2 cm³/mol. The number of hydrogen-bond donors (Lipinski definition) is 1. The van der Waals surface area contributed by atoms with Crippen LogP contribution in [0.15, 0.2) is 29.2 Å². The van der Waals surface area contributed by atoms with Gasteiger partial charge in [-0.25, -0.2) is 8.42 Å². The van der Waals surface area contributed by atoms with Gasteiger partial charge in [-0.3, -0.25) is 9.59 Å². The molecule has 1 aliphatic rings. The molecule has 1 aliphatic heterocycles. The maximum atomic E-state index is 12.4. The molecule has 0 bridgehead atoms. The molecule has 1 aromatic rings. The highest BCUT2D eigenvalue weighted by Crippen LogP contribution is 2.20. The van der Waals surface area contributed by atoms with E-state index in [0.717, 1.165) is 4.31 Å². The van der Waals surface area contributed by atoms with Gasteiger partial charge in [0.25, 0.3) is 0 Å². The summed E-state index contributed by atoms with van der Waals surface area (Å²) < 4.78 is 25.9. The number of carboxylic acid groups (broad SMARTS) is 1. The van der Waals surface area contributed by atoms with Crippen molar-refractivity contribution >= 4 is 33.5 Å². The van der Waals surface area contributed by atoms with Crippen LogP contribution in [-0.4, -0.2) is 61.3 Å². The van der Waals surface area contributed by atoms with Gasteiger partial charge in [-0.2, -0.15) is 4.31 Å². The van der Waals surface area contributed by atoms with Crippen molar-refractivity contribution in [2.75, 3.05) is 26.7 Å². The van der Waals surface area contributed by atoms with E-state index in [9.17, 15) is 18.0 Å². The molecule has 1 N–H and O–H groups in total. The number of carboxylic acids is 1. The lowest BCUT2D eigenvalue weighted by atomic mass is 9.97. The summed E-state index contributed by atoms with van der Waals surface area (Å²) >= 11 is 5.75. The summed E-state index contributed by atoms with van der Waals surface area (Å²) in [6.45, 7) is 0.359. The topological polar surface area (TPSA) is 95.0 Å². The summed E-state index contributed by atoms with van der Waals surface area (Å²) in [4.78, 5) is 24.8. The number of carbonyl (C=O) groups excluding carboxylic acids is 1. The van der Waals surface area contributed by atoms with Gasteiger partial charge in [-0.1, -0.05) is 11.6 Å². The number of benzene rings is 1. The summed E-state index contributed by atoms with van der Waals surface area (Å²) in [5.74, 6) is -1.63. The molecule has 0 radical (unpaired) electrons. The van der Waals surface area contributed by atoms with Crippen molar-refractivity contribution < 1.29 is 23.1 Å². The molecule has 2 rings (SSSR count). The molecular weight excluding hydrogens is 356 g/mol. The number of rotatable bonds is 5. The van der Waals surface area contributed by atoms with Crippen LogP contribution in [0.2, 0.25) is 5.02 Å². The van der Waals surface area contributed by atoms with Gasteiger partial charge in [0.2, 0.25) is 15.9 Å². The van der Waals surface area contributed by atoms with Gasteiger partial charge in [-0.05, 0) is 37.1 Å². The van der Waals surface area contributed by atoms with E-state index in [-0.39, 0.29) is 17.3 Å². The van der Waals surface area contributed by atoms with Crippen molar-refractivity contribution in [1.29, 1.82) is 0 Å². The molecule has 24 heavy (non-hydrogen) atoms. The number of piperidine rings is 1. The fourth-order valence-electron chi connectivity index (χ4n) is 2.54. The molecule has 1 aromatic carbocycles. The fraction of sp³-hybridized carbons (Fsp3) is 0.467. The number of nitrogens with zero attached hydrogens (tertiary/aromatic N) is 2. The molecule has 0 aliphatic carbocycles. The average molecular weight is 375 g/mol. The average Bonchev–Trinajstić information content (AvgIpc) is 2.55. The molecule has 0 aromatic heterocycles. The Morgan fingerprint density at radius 3 is 2.29 bits per heavy atom. The van der Waals surface area contributed by atoms with E-state index in [1.54, 1.807) is 0 Å². The number of carbonyl (C=O) groups is 2. The van der Waals surface area contributed by atoms with Crippen molar-refractivity contribution in [3.8, 4) is 0 Å². The zero-order chi connectivity index (χ0) is 17.9. The lowest BCUT2D eigenvalue weighted by molar-refractivity contribution is -0.145. The number of likely N-dealkylation sites (tertiary alicyclic amines) is 1. The van der Waals surface area contributed by atoms with Gasteiger partial charge >= 0.3 is 5.97 Å². The first kappa shape index (κ1) is 18.7. The third kappa shape index (κ3) is 4.25. The first-order chi connectivity index (χ1) is 11.2. The van der Waals surface area contributed by atoms with Crippen LogP contribution in [0.3, 0.4) is 0 Å². The van der Waals surface area contributed by atoms with Crippen molar-refractivity contribution in [3.05, 3.63) is 29.3 Å². The van der Waals surface area contributed by atoms with Crippen LogP contribution in [0, 0.1) is 5.92 Å². The first-order valence-corrected chi connectivity index (χ1v) is 9.26. The number of hydrogen-bond acceptors (Lipinski definition) is 4. The molecule has 1 fully saturated rings. The van der Waals surface area contributed by atoms with E-state index in [2.05, 4.69) is 0 Å². The van der Waals surface area contributed by atoms with E-state index in [1.165, 1.54) is 36.2 Å². The van der Waals surface area contributed by atoms with Gasteiger partial charge in [0.05, 0.1) is 17.4 Å². The van der Waals surface area contributed by atoms with Crippen molar-refractivity contribution in [2.45, 2.75) is 17.7 Å². The highest BCUT2D eigenvalue weighted by Gasteiger charge is 2.29. The fourth-order valence-corrected chi connectivity index (χ4v) is 3.78. The van der Waals surface area contributed by atoms with E-state index >= 15 is 0 Å². The van der Waals surface area contributed by atoms with Crippen molar-refractivity contribution in [3.63, 3.8) is 0 Å². The minimum atomic E-state index is -3.78. The minimum Gasteiger partial charge on any atom is -0.481 e. The zero-order valence-electron chi connectivity index (χ0n) is 13.2. The maximum Gasteiger partial charge on any atom is 0.306 e. The molecule has 0 unspecified atom stereocenters. The molecule has 0 saturated carbocycles. The molecule has 1 heterocycles. The van der Waals surface area contributed by atoms with Gasteiger partial charge in [0.1, 0.15) is 0 Å². The van der Waals surface area contributed by atoms with Gasteiger partial charge < -0.3 is 10.0 Å². The van der Waals surface area contributed by atoms with Crippen LogP contribution < -0.4 is 0 Å². The maximum absolute atomic E-state index is 12.4. The Balaban J connectivity index is 1.98. The van der Waals surface area contributed by atoms with E-state index in [4.69, 9.17) is 16.7 Å². The molecule has 7 nitrogen and oxygen atoms in total. The van der Waals surface area contributed by atoms with Crippen LogP contribution in [0.4, 0.5) is 0 Å². The molecule has 1 saturated heterocycles. The SMILES string of the molecule is CN(CC(=O)N1CCC(C(=O)O)CC1)S(=O)(=O)c1ccc(Cl)cc1. The molecule has 9 heteroatoms. The highest BCUT2D eigenvalue weighted by atomic mass is 35.5. The van der Waals surface area contributed by atoms with E-state index in [0.29, 0.717) is 31.0 Å². The summed E-state index contributed by atoms with van der Waals surface area (Å²) in [6.07, 6.45) is 0.767. The largest absolute Gasteiger partial charge is 0.481 e. The van der Waals surface area contributed by atoms with Crippen LogP contribution in [0.25, 0.3) is 0 Å². The summed E-state index contributed by atoms with van der Waals surface area (Å²) in [5.41, 5.74) is 0. The Kier molecular flexibility index (Phi) is 5.84. The lowest BCUT2D eigenvalue weighted by Crippen LogP contribution is -2.45. The third-order valence-electron chi connectivity index (χ3n) is 4.08. The number of halogens is 1. The Morgan fingerprint density at radius 1 is 1.25 bits per heavy atom. The highest BCUT2D eigenvalue weighted by molar-refractivity contribution is 7.89. The Hall–Kier alpha value is -1.64. The number of amides is 1. The van der Waals surface area contributed by atoms with Crippen LogP contribution in [-0.2, 0) is 19.6 Å². The van der Waals surface area contributed by atoms with Gasteiger partial charge in [0.15, 0.2) is 0 Å². The third-order valence-corrected chi connectivity index (χ3v) is 6.15. The standard InChI is InChI=1S/C15H19ClN2O5S/c1-17(24(22,23)13-4-2-12(16)3-5-13)10-14(19)18-8-6-11(7-9-18)15(20)21/h2-5,11H,6-10H2,1H3,(H,20,21). The van der Waals surface area contributed by atoms with Crippen LogP contribution >= 0.6 is 11.6 Å². The second-order valence-corrected chi connectivity index (χ2v) is 8.19. The molecule has 1 amide bonds. The minimum absolute atomic E-state index is 0.0618. The quantitative estimate of drug-likeness (QED) is 0.837. The van der Waals surface area contributed by atoms with Crippen molar-refractivity contribution in [2.24, 2.45) is 5.92 Å². The Bertz CT molecular complexity index is 712. The first-order valence-electron chi connectivity index (χ1n) is 7.44. The van der Waals surface area contributed by atoms with Crippen LogP contribution in [0.5, 0.6) is 0 Å². The van der Waals surface area contributed by atoms with Gasteiger partial charge in [0, 0.05) is 25.2 Å². The van der Waals surface area contributed by atoms with Crippen LogP contribution in [0.1, 0.15) is 12.8 Å². The number of aliphatic carboxylic acids is 1. The Labute approximate surface area is 145 Å². The molecule has 132 valence electrons. The molecule has 0 spiro atoms. The summed E-state index contributed by atoms with van der Waals surface area (Å²) in [6, 6.07) is 5.72. The second-order valence-electron chi connectivity index (χ2n) is 5.71. The zero-order valence-corrected chi connectivity index (χ0v) is 14.8. The molecular formula is C15H19ClN2O5S. The van der Waals surface area contributed by atoms with Crippen molar-refractivity contribution in [1.82, 2.24) is 9.21 Å².